The van der Waals surface area contributed by atoms with Gasteiger partial charge in [-0.2, -0.15) is 0 Å². The van der Waals surface area contributed by atoms with Crippen molar-refractivity contribution in [3.63, 3.8) is 0 Å². The molecular weight excluding hydrogens is 353 g/mol. The molecule has 0 saturated heterocycles. The van der Waals surface area contributed by atoms with E-state index in [9.17, 15) is 14.0 Å². The highest BCUT2D eigenvalue weighted by Crippen LogP contribution is 2.15. The van der Waals surface area contributed by atoms with Crippen molar-refractivity contribution < 1.29 is 13.9 Å². The van der Waals surface area contributed by atoms with E-state index in [1.165, 1.54) is 22.7 Å². The Labute approximate surface area is 151 Å². The predicted molar refractivity (Wildman–Crippen MR) is 95.2 cm³/mol. The highest BCUT2D eigenvalue weighted by molar-refractivity contribution is 5.99. The van der Waals surface area contributed by atoms with Crippen LogP contribution >= 0.6 is 0 Å². The lowest BCUT2D eigenvalue weighted by Crippen LogP contribution is -2.25. The van der Waals surface area contributed by atoms with Crippen molar-refractivity contribution in [3.8, 4) is 5.75 Å². The first-order chi connectivity index (χ1) is 13.1. The average molecular weight is 367 g/mol. The van der Waals surface area contributed by atoms with Crippen molar-refractivity contribution in [1.82, 2.24) is 25.1 Å². The average Bonchev–Trinajstić information content (AvgIpc) is 3.12. The normalized spacial score (nSPS) is 11.0. The van der Waals surface area contributed by atoms with Crippen LogP contribution in [0.25, 0.3) is 16.6 Å². The van der Waals surface area contributed by atoms with Gasteiger partial charge in [0.2, 0.25) is 0 Å². The van der Waals surface area contributed by atoms with Crippen LogP contribution in [0.1, 0.15) is 16.1 Å². The molecule has 27 heavy (non-hydrogen) atoms. The number of benzene rings is 2. The van der Waals surface area contributed by atoms with Crippen molar-refractivity contribution >= 4 is 22.5 Å². The van der Waals surface area contributed by atoms with Gasteiger partial charge in [-0.1, -0.05) is 17.3 Å². The lowest BCUT2D eigenvalue weighted by Gasteiger charge is -2.05. The summed E-state index contributed by atoms with van der Waals surface area (Å²) in [5.41, 5.74) is 0.885. The number of carbonyl (C=O) groups is 1. The van der Waals surface area contributed by atoms with E-state index in [4.69, 9.17) is 4.74 Å². The van der Waals surface area contributed by atoms with Crippen LogP contribution in [0.2, 0.25) is 0 Å². The fourth-order valence-electron chi connectivity index (χ4n) is 2.79. The Balaban J connectivity index is 1.65. The quantitative estimate of drug-likeness (QED) is 0.571. The van der Waals surface area contributed by atoms with Gasteiger partial charge in [0.25, 0.3) is 11.5 Å². The Bertz CT molecular complexity index is 1210. The molecule has 0 bridgehead atoms. The van der Waals surface area contributed by atoms with E-state index in [1.54, 1.807) is 19.2 Å². The van der Waals surface area contributed by atoms with E-state index >= 15 is 0 Å². The van der Waals surface area contributed by atoms with Gasteiger partial charge in [-0.15, -0.1) is 5.10 Å². The van der Waals surface area contributed by atoms with E-state index in [0.717, 1.165) is 5.56 Å². The molecule has 4 rings (SSSR count). The number of aromatic nitrogens is 4. The van der Waals surface area contributed by atoms with Crippen LogP contribution in [-0.4, -0.2) is 32.8 Å². The van der Waals surface area contributed by atoms with Crippen molar-refractivity contribution in [2.75, 3.05) is 7.11 Å². The highest BCUT2D eigenvalue weighted by Gasteiger charge is 2.19. The zero-order chi connectivity index (χ0) is 19.0. The molecule has 8 nitrogen and oxygen atoms in total. The number of carbonyl (C=O) groups excluding carboxylic acids is 1. The molecule has 0 saturated carbocycles. The number of rotatable bonds is 4. The number of nitrogens with one attached hydrogen (secondary N) is 2. The number of ether oxygens (including phenoxy) is 1. The van der Waals surface area contributed by atoms with Gasteiger partial charge >= 0.3 is 0 Å². The molecule has 0 radical (unpaired) electrons. The predicted octanol–water partition coefficient (Wildman–Crippen LogP) is 1.65. The van der Waals surface area contributed by atoms with Gasteiger partial charge in [0.1, 0.15) is 11.6 Å². The van der Waals surface area contributed by atoms with Crippen LogP contribution in [0, 0.1) is 5.82 Å². The molecule has 4 aromatic rings. The third-order valence-electron chi connectivity index (χ3n) is 4.15. The summed E-state index contributed by atoms with van der Waals surface area (Å²) >= 11 is 0. The molecule has 0 atom stereocenters. The van der Waals surface area contributed by atoms with Crippen molar-refractivity contribution in [2.45, 2.75) is 6.54 Å². The largest absolute Gasteiger partial charge is 0.497 e. The number of halogens is 1. The molecule has 0 aliphatic rings. The topological polar surface area (TPSA) is 101 Å². The van der Waals surface area contributed by atoms with Crippen LogP contribution < -0.4 is 15.6 Å². The molecule has 0 spiro atoms. The highest BCUT2D eigenvalue weighted by atomic mass is 19.1. The molecule has 0 aliphatic carbocycles. The number of fused-ring (bicyclic) bond motifs is 3. The van der Waals surface area contributed by atoms with Crippen LogP contribution in [0.3, 0.4) is 0 Å². The van der Waals surface area contributed by atoms with Crippen LogP contribution in [0.4, 0.5) is 4.39 Å². The van der Waals surface area contributed by atoms with Gasteiger partial charge in [0, 0.05) is 6.54 Å². The third kappa shape index (κ3) is 2.99. The monoisotopic (exact) mass is 367 g/mol. The number of H-pyrrole nitrogens is 1. The zero-order valence-corrected chi connectivity index (χ0v) is 14.2. The Morgan fingerprint density at radius 1 is 1.26 bits per heavy atom. The van der Waals surface area contributed by atoms with Crippen molar-refractivity contribution in [1.29, 1.82) is 0 Å². The molecule has 0 aliphatic heterocycles. The summed E-state index contributed by atoms with van der Waals surface area (Å²) in [6.07, 6.45) is 0. The van der Waals surface area contributed by atoms with Gasteiger partial charge in [-0.3, -0.25) is 9.59 Å². The Kier molecular flexibility index (Phi) is 4.03. The fourth-order valence-corrected chi connectivity index (χ4v) is 2.79. The Hall–Kier alpha value is -3.75. The van der Waals surface area contributed by atoms with E-state index in [-0.39, 0.29) is 23.3 Å². The first-order valence-corrected chi connectivity index (χ1v) is 8.05. The fraction of sp³-hybridized carbons (Fsp3) is 0.111. The van der Waals surface area contributed by atoms with Crippen molar-refractivity contribution in [2.24, 2.45) is 0 Å². The van der Waals surface area contributed by atoms with E-state index < -0.39 is 17.3 Å². The number of methoxy groups -OCH3 is 1. The molecule has 0 fully saturated rings. The number of nitrogens with zero attached hydrogens (tertiary/aromatic N) is 3. The second-order valence-corrected chi connectivity index (χ2v) is 5.84. The van der Waals surface area contributed by atoms with Crippen LogP contribution in [0.5, 0.6) is 5.75 Å². The summed E-state index contributed by atoms with van der Waals surface area (Å²) in [5, 5.41) is 10.4. The molecular formula is C18H14FN5O3. The summed E-state index contributed by atoms with van der Waals surface area (Å²) in [5.74, 6) is -0.313. The van der Waals surface area contributed by atoms with E-state index in [1.807, 2.05) is 12.1 Å². The van der Waals surface area contributed by atoms with E-state index in [2.05, 4.69) is 20.6 Å². The summed E-state index contributed by atoms with van der Waals surface area (Å²) < 4.78 is 19.7. The number of aromatic amines is 1. The second kappa shape index (κ2) is 6.52. The second-order valence-electron chi connectivity index (χ2n) is 5.84. The standard InChI is InChI=1S/C18H14FN5O3/c1-27-12-5-2-10(3-6-12)9-20-17(25)15-16-18(26)21-13-8-11(19)4-7-14(13)24(16)23-22-15/h2-8H,9H2,1H3,(H,20,25)(H,21,26). The molecule has 2 aromatic heterocycles. The van der Waals surface area contributed by atoms with E-state index in [0.29, 0.717) is 11.3 Å². The Morgan fingerprint density at radius 3 is 2.78 bits per heavy atom. The molecule has 9 heteroatoms. The lowest BCUT2D eigenvalue weighted by molar-refractivity contribution is 0.0947. The molecule has 2 N–H and O–H groups in total. The van der Waals surface area contributed by atoms with Crippen LogP contribution in [0.15, 0.2) is 47.3 Å². The molecule has 1 amide bonds. The smallest absolute Gasteiger partial charge is 0.277 e. The molecule has 2 heterocycles. The minimum Gasteiger partial charge on any atom is -0.497 e. The number of hydrogen-bond acceptors (Lipinski definition) is 5. The summed E-state index contributed by atoms with van der Waals surface area (Å²) in [6.45, 7) is 0.249. The minimum absolute atomic E-state index is 0.00124. The number of hydrogen-bond donors (Lipinski definition) is 2. The molecule has 136 valence electrons. The minimum atomic E-state index is -0.576. The van der Waals surface area contributed by atoms with Crippen molar-refractivity contribution in [3.05, 3.63) is 69.9 Å². The SMILES string of the molecule is COc1ccc(CNC(=O)c2nnn3c2c(=O)[nH]c2cc(F)ccc23)cc1. The summed E-state index contributed by atoms with van der Waals surface area (Å²) in [4.78, 5) is 27.4. The first-order valence-electron chi connectivity index (χ1n) is 8.05. The van der Waals surface area contributed by atoms with Gasteiger partial charge in [0.15, 0.2) is 11.2 Å². The maximum absolute atomic E-state index is 13.4. The maximum Gasteiger partial charge on any atom is 0.277 e. The van der Waals surface area contributed by atoms with Gasteiger partial charge in [-0.05, 0) is 35.9 Å². The van der Waals surface area contributed by atoms with Gasteiger partial charge < -0.3 is 15.0 Å². The third-order valence-corrected chi connectivity index (χ3v) is 4.15. The van der Waals surface area contributed by atoms with Gasteiger partial charge in [0.05, 0.1) is 18.1 Å². The first kappa shape index (κ1) is 16.7. The van der Waals surface area contributed by atoms with Gasteiger partial charge in [-0.25, -0.2) is 8.91 Å². The maximum atomic E-state index is 13.4. The molecule has 0 unspecified atom stereocenters. The summed E-state index contributed by atoms with van der Waals surface area (Å²) in [7, 11) is 1.57. The molecule has 2 aromatic carbocycles. The number of amides is 1. The zero-order valence-electron chi connectivity index (χ0n) is 14.2. The summed E-state index contributed by atoms with van der Waals surface area (Å²) in [6, 6.07) is 11.1. The van der Waals surface area contributed by atoms with Crippen LogP contribution in [-0.2, 0) is 6.54 Å². The Morgan fingerprint density at radius 2 is 2.04 bits per heavy atom. The lowest BCUT2D eigenvalue weighted by atomic mass is 10.2.